The molecule has 1 rings (SSSR count). The third kappa shape index (κ3) is 3.84. The summed E-state index contributed by atoms with van der Waals surface area (Å²) in [6.07, 6.45) is 3.63. The topological polar surface area (TPSA) is 79.5 Å². The smallest absolute Gasteiger partial charge is 0.337 e. The number of anilines is 2. The van der Waals surface area contributed by atoms with Crippen LogP contribution in [0.5, 0.6) is 0 Å². The Morgan fingerprint density at radius 2 is 2.05 bits per heavy atom. The minimum Gasteiger partial charge on any atom is -0.478 e. The Hall–Kier alpha value is -1.78. The fourth-order valence-corrected chi connectivity index (χ4v) is 2.06. The van der Waals surface area contributed by atoms with Crippen molar-refractivity contribution in [2.24, 2.45) is 5.92 Å². The molecule has 0 atom stereocenters. The molecule has 1 aromatic rings. The van der Waals surface area contributed by atoms with E-state index in [0.717, 1.165) is 25.9 Å². The minimum atomic E-state index is -1.01. The lowest BCUT2D eigenvalue weighted by molar-refractivity contribution is 0.0698. The van der Waals surface area contributed by atoms with Crippen molar-refractivity contribution in [3.63, 3.8) is 0 Å². The van der Waals surface area contributed by atoms with Gasteiger partial charge >= 0.3 is 5.97 Å². The van der Waals surface area contributed by atoms with E-state index in [4.69, 9.17) is 10.8 Å². The molecule has 0 saturated heterocycles. The molecule has 1 aromatic heterocycles. The third-order valence-electron chi connectivity index (χ3n) is 3.49. The van der Waals surface area contributed by atoms with Crippen molar-refractivity contribution < 1.29 is 9.90 Å². The van der Waals surface area contributed by atoms with Gasteiger partial charge in [0.1, 0.15) is 5.82 Å². The van der Waals surface area contributed by atoms with Crippen LogP contribution in [-0.4, -0.2) is 29.1 Å². The summed E-state index contributed by atoms with van der Waals surface area (Å²) in [5.41, 5.74) is 5.95. The van der Waals surface area contributed by atoms with Crippen LogP contribution in [0.4, 0.5) is 11.5 Å². The molecule has 0 amide bonds. The molecule has 0 fully saturated rings. The summed E-state index contributed by atoms with van der Waals surface area (Å²) in [7, 11) is 0. The molecular weight excluding hydrogens is 242 g/mol. The van der Waals surface area contributed by atoms with Crippen molar-refractivity contribution in [1.82, 2.24) is 4.98 Å². The van der Waals surface area contributed by atoms with Crippen LogP contribution in [0.1, 0.15) is 44.0 Å². The molecule has 0 aliphatic carbocycles. The standard InChI is InChI=1S/C14H23N3O2/c1-4-10(5-2)9-17(6-3)13-7-11(14(18)19)12(15)8-16-13/h7-8,10H,4-6,9,15H2,1-3H3,(H,18,19). The van der Waals surface area contributed by atoms with Crippen LogP contribution >= 0.6 is 0 Å². The molecule has 0 radical (unpaired) electrons. The molecule has 5 heteroatoms. The second-order valence-electron chi connectivity index (χ2n) is 4.66. The maximum absolute atomic E-state index is 11.1. The van der Waals surface area contributed by atoms with Gasteiger partial charge in [0.15, 0.2) is 0 Å². The molecule has 3 N–H and O–H groups in total. The van der Waals surface area contributed by atoms with Gasteiger partial charge in [0.25, 0.3) is 0 Å². The predicted molar refractivity (Wildman–Crippen MR) is 77.6 cm³/mol. The first-order valence-corrected chi connectivity index (χ1v) is 6.77. The van der Waals surface area contributed by atoms with Gasteiger partial charge in [-0.15, -0.1) is 0 Å². The molecule has 1 heterocycles. The van der Waals surface area contributed by atoms with E-state index in [1.54, 1.807) is 6.07 Å². The monoisotopic (exact) mass is 265 g/mol. The fourth-order valence-electron chi connectivity index (χ4n) is 2.06. The lowest BCUT2D eigenvalue weighted by Crippen LogP contribution is -2.30. The second kappa shape index (κ2) is 6.97. The molecular formula is C14H23N3O2. The van der Waals surface area contributed by atoms with Crippen LogP contribution in [0.25, 0.3) is 0 Å². The van der Waals surface area contributed by atoms with Crippen molar-refractivity contribution in [2.45, 2.75) is 33.6 Å². The summed E-state index contributed by atoms with van der Waals surface area (Å²) in [4.78, 5) is 17.4. The van der Waals surface area contributed by atoms with E-state index in [9.17, 15) is 4.79 Å². The fraction of sp³-hybridized carbons (Fsp3) is 0.571. The molecule has 0 aliphatic heterocycles. The number of nitrogens with zero attached hydrogens (tertiary/aromatic N) is 2. The lowest BCUT2D eigenvalue weighted by atomic mass is 10.0. The van der Waals surface area contributed by atoms with Gasteiger partial charge in [-0.2, -0.15) is 0 Å². The van der Waals surface area contributed by atoms with E-state index in [2.05, 4.69) is 23.7 Å². The Kier molecular flexibility index (Phi) is 5.60. The van der Waals surface area contributed by atoms with Crippen LogP contribution < -0.4 is 10.6 Å². The van der Waals surface area contributed by atoms with E-state index in [1.807, 2.05) is 6.92 Å². The Labute approximate surface area is 114 Å². The quantitative estimate of drug-likeness (QED) is 0.792. The molecule has 0 unspecified atom stereocenters. The van der Waals surface area contributed by atoms with Crippen molar-refractivity contribution >= 4 is 17.5 Å². The molecule has 0 aromatic carbocycles. The first-order valence-electron chi connectivity index (χ1n) is 6.77. The van der Waals surface area contributed by atoms with Gasteiger partial charge in [-0.3, -0.25) is 0 Å². The number of carboxylic acids is 1. The summed E-state index contributed by atoms with van der Waals surface area (Å²) >= 11 is 0. The van der Waals surface area contributed by atoms with Crippen LogP contribution in [-0.2, 0) is 0 Å². The zero-order valence-electron chi connectivity index (χ0n) is 11.9. The average molecular weight is 265 g/mol. The maximum atomic E-state index is 11.1. The Balaban J connectivity index is 2.98. The zero-order valence-corrected chi connectivity index (χ0v) is 11.9. The lowest BCUT2D eigenvalue weighted by Gasteiger charge is -2.26. The number of pyridine rings is 1. The van der Waals surface area contributed by atoms with Gasteiger partial charge in [0.2, 0.25) is 0 Å². The van der Waals surface area contributed by atoms with Gasteiger partial charge in [0, 0.05) is 13.1 Å². The number of nitrogen functional groups attached to an aromatic ring is 1. The van der Waals surface area contributed by atoms with E-state index >= 15 is 0 Å². The SMILES string of the molecule is CCC(CC)CN(CC)c1cc(C(=O)O)c(N)cn1. The largest absolute Gasteiger partial charge is 0.478 e. The normalized spacial score (nSPS) is 10.7. The third-order valence-corrected chi connectivity index (χ3v) is 3.49. The summed E-state index contributed by atoms with van der Waals surface area (Å²) in [5, 5.41) is 9.09. The highest BCUT2D eigenvalue weighted by Gasteiger charge is 2.15. The number of nitrogens with two attached hydrogens (primary N) is 1. The van der Waals surface area contributed by atoms with Crippen molar-refractivity contribution in [2.75, 3.05) is 23.7 Å². The van der Waals surface area contributed by atoms with Gasteiger partial charge in [0.05, 0.1) is 17.4 Å². The van der Waals surface area contributed by atoms with Crippen LogP contribution in [0, 0.1) is 5.92 Å². The molecule has 19 heavy (non-hydrogen) atoms. The molecule has 0 aliphatic rings. The molecule has 106 valence electrons. The van der Waals surface area contributed by atoms with Crippen molar-refractivity contribution in [1.29, 1.82) is 0 Å². The number of aromatic carboxylic acids is 1. The van der Waals surface area contributed by atoms with Gasteiger partial charge in [-0.25, -0.2) is 9.78 Å². The zero-order chi connectivity index (χ0) is 14.4. The van der Waals surface area contributed by atoms with Gasteiger partial charge in [-0.05, 0) is 18.9 Å². The van der Waals surface area contributed by atoms with Gasteiger partial charge in [-0.1, -0.05) is 26.7 Å². The maximum Gasteiger partial charge on any atom is 0.337 e. The molecule has 0 saturated carbocycles. The van der Waals surface area contributed by atoms with Gasteiger partial charge < -0.3 is 15.7 Å². The van der Waals surface area contributed by atoms with Crippen molar-refractivity contribution in [3.8, 4) is 0 Å². The number of aromatic nitrogens is 1. The highest BCUT2D eigenvalue weighted by Crippen LogP contribution is 2.20. The highest BCUT2D eigenvalue weighted by molar-refractivity contribution is 5.94. The summed E-state index contributed by atoms with van der Waals surface area (Å²) in [6, 6.07) is 1.56. The molecule has 0 spiro atoms. The van der Waals surface area contributed by atoms with E-state index in [0.29, 0.717) is 11.7 Å². The van der Waals surface area contributed by atoms with E-state index in [1.165, 1.54) is 6.20 Å². The Bertz CT molecular complexity index is 431. The summed E-state index contributed by atoms with van der Waals surface area (Å²) < 4.78 is 0. The number of carbonyl (C=O) groups is 1. The first kappa shape index (κ1) is 15.3. The summed E-state index contributed by atoms with van der Waals surface area (Å²) in [6.45, 7) is 8.06. The van der Waals surface area contributed by atoms with Crippen LogP contribution in [0.3, 0.4) is 0 Å². The van der Waals surface area contributed by atoms with E-state index < -0.39 is 5.97 Å². The Morgan fingerprint density at radius 1 is 1.42 bits per heavy atom. The number of hydrogen-bond donors (Lipinski definition) is 2. The Morgan fingerprint density at radius 3 is 2.53 bits per heavy atom. The van der Waals surface area contributed by atoms with E-state index in [-0.39, 0.29) is 11.3 Å². The van der Waals surface area contributed by atoms with Crippen molar-refractivity contribution in [3.05, 3.63) is 17.8 Å². The predicted octanol–water partition coefficient (Wildman–Crippen LogP) is 2.62. The molecule has 5 nitrogen and oxygen atoms in total. The molecule has 0 bridgehead atoms. The highest BCUT2D eigenvalue weighted by atomic mass is 16.4. The van der Waals surface area contributed by atoms with Crippen LogP contribution in [0.2, 0.25) is 0 Å². The second-order valence-corrected chi connectivity index (χ2v) is 4.66. The first-order chi connectivity index (χ1) is 9.03. The van der Waals surface area contributed by atoms with Crippen LogP contribution in [0.15, 0.2) is 12.3 Å². The summed E-state index contributed by atoms with van der Waals surface area (Å²) in [5.74, 6) is 0.258. The average Bonchev–Trinajstić information content (AvgIpc) is 2.41. The number of carboxylic acid groups (broad SMARTS) is 1. The number of rotatable bonds is 7. The minimum absolute atomic E-state index is 0.119. The number of hydrogen-bond acceptors (Lipinski definition) is 4.